The van der Waals surface area contributed by atoms with Crippen LogP contribution in [-0.4, -0.2) is 58.2 Å². The zero-order valence-corrected chi connectivity index (χ0v) is 12.9. The van der Waals surface area contributed by atoms with Crippen LogP contribution in [0.4, 0.5) is 0 Å². The summed E-state index contributed by atoms with van der Waals surface area (Å²) in [6.45, 7) is 5.76. The van der Waals surface area contributed by atoms with Crippen LogP contribution in [0.5, 0.6) is 0 Å². The lowest BCUT2D eigenvalue weighted by Crippen LogP contribution is -2.52. The molecular weight excluding hydrogens is 290 g/mol. The molecule has 0 aromatic carbocycles. The summed E-state index contributed by atoms with van der Waals surface area (Å²) in [6.07, 6.45) is 2.20. The van der Waals surface area contributed by atoms with Gasteiger partial charge in [-0.2, -0.15) is 17.4 Å². The van der Waals surface area contributed by atoms with Crippen LogP contribution in [0.15, 0.2) is 0 Å². The van der Waals surface area contributed by atoms with Gasteiger partial charge in [0.15, 0.2) is 0 Å². The summed E-state index contributed by atoms with van der Waals surface area (Å²) in [5.41, 5.74) is 0. The molecule has 2 aliphatic heterocycles. The molecule has 8 heteroatoms. The molecule has 6 nitrogen and oxygen atoms in total. The maximum absolute atomic E-state index is 12.2. The number of piperidine rings is 1. The number of halogens is 1. The van der Waals surface area contributed by atoms with Gasteiger partial charge in [-0.05, 0) is 38.8 Å². The highest BCUT2D eigenvalue weighted by Gasteiger charge is 2.29. The third-order valence-electron chi connectivity index (χ3n) is 3.69. The van der Waals surface area contributed by atoms with Crippen molar-refractivity contribution in [2.24, 2.45) is 5.92 Å². The van der Waals surface area contributed by atoms with E-state index in [9.17, 15) is 8.42 Å². The number of hydrogen-bond acceptors (Lipinski definition) is 4. The van der Waals surface area contributed by atoms with Crippen molar-refractivity contribution in [3.8, 4) is 0 Å². The number of nitrogens with one attached hydrogen (secondary N) is 2. The van der Waals surface area contributed by atoms with Gasteiger partial charge >= 0.3 is 0 Å². The lowest BCUT2D eigenvalue weighted by molar-refractivity contribution is 0.0721. The van der Waals surface area contributed by atoms with Crippen molar-refractivity contribution in [1.29, 1.82) is 0 Å². The van der Waals surface area contributed by atoms with Crippen molar-refractivity contribution in [3.05, 3.63) is 0 Å². The first-order valence-electron chi connectivity index (χ1n) is 6.65. The second kappa shape index (κ2) is 7.75. The van der Waals surface area contributed by atoms with Gasteiger partial charge in [0.05, 0.1) is 13.2 Å². The lowest BCUT2D eigenvalue weighted by Gasteiger charge is -2.32. The summed E-state index contributed by atoms with van der Waals surface area (Å²) >= 11 is 0. The predicted molar refractivity (Wildman–Crippen MR) is 76.8 cm³/mol. The Bertz CT molecular complexity index is 354. The van der Waals surface area contributed by atoms with E-state index in [0.717, 1.165) is 25.9 Å². The Morgan fingerprint density at radius 2 is 2.05 bits per heavy atom. The molecule has 0 spiro atoms. The van der Waals surface area contributed by atoms with Gasteiger partial charge < -0.3 is 10.1 Å². The largest absolute Gasteiger partial charge is 0.379 e. The Morgan fingerprint density at radius 3 is 2.63 bits per heavy atom. The molecule has 0 saturated carbocycles. The van der Waals surface area contributed by atoms with Crippen molar-refractivity contribution in [3.63, 3.8) is 0 Å². The van der Waals surface area contributed by atoms with E-state index in [2.05, 4.69) is 10.0 Å². The van der Waals surface area contributed by atoms with E-state index in [1.165, 1.54) is 4.31 Å². The van der Waals surface area contributed by atoms with Gasteiger partial charge in [-0.25, -0.2) is 0 Å². The molecule has 19 heavy (non-hydrogen) atoms. The van der Waals surface area contributed by atoms with Gasteiger partial charge in [0.1, 0.15) is 0 Å². The summed E-state index contributed by atoms with van der Waals surface area (Å²) in [4.78, 5) is 0. The lowest BCUT2D eigenvalue weighted by atomic mass is 9.94. The van der Waals surface area contributed by atoms with Gasteiger partial charge in [-0.3, -0.25) is 0 Å². The van der Waals surface area contributed by atoms with Crippen LogP contribution >= 0.6 is 12.4 Å². The average molecular weight is 314 g/mol. The minimum absolute atomic E-state index is 0. The number of nitrogens with zero attached hydrogens (tertiary/aromatic N) is 1. The topological polar surface area (TPSA) is 70.7 Å². The second-order valence-corrected chi connectivity index (χ2v) is 6.73. The average Bonchev–Trinajstić information content (AvgIpc) is 2.40. The highest BCUT2D eigenvalue weighted by Crippen LogP contribution is 2.15. The smallest absolute Gasteiger partial charge is 0.279 e. The van der Waals surface area contributed by atoms with Gasteiger partial charge in [0.2, 0.25) is 0 Å². The van der Waals surface area contributed by atoms with Gasteiger partial charge in [0.25, 0.3) is 10.2 Å². The minimum Gasteiger partial charge on any atom is -0.379 e. The quantitative estimate of drug-likeness (QED) is 0.764. The van der Waals surface area contributed by atoms with E-state index in [4.69, 9.17) is 4.74 Å². The Labute approximate surface area is 121 Å². The monoisotopic (exact) mass is 313 g/mol. The standard InChI is InChI=1S/C11H23N3O3S.ClH/c1-10(11-3-2-4-12-9-11)13-18(15,16)14-5-7-17-8-6-14;/h10-13H,2-9H2,1H3;1H. The SMILES string of the molecule is CC(NS(=O)(=O)N1CCOCC1)C1CCCNC1.Cl. The molecule has 2 atom stereocenters. The molecule has 0 aromatic heterocycles. The molecule has 114 valence electrons. The van der Waals surface area contributed by atoms with Crippen LogP contribution in [-0.2, 0) is 14.9 Å². The number of hydrogen-bond donors (Lipinski definition) is 2. The fourth-order valence-electron chi connectivity index (χ4n) is 2.50. The number of morpholine rings is 1. The molecule has 0 bridgehead atoms. The molecule has 2 unspecified atom stereocenters. The van der Waals surface area contributed by atoms with Crippen LogP contribution in [0.1, 0.15) is 19.8 Å². The van der Waals surface area contributed by atoms with E-state index in [1.54, 1.807) is 0 Å². The van der Waals surface area contributed by atoms with E-state index in [-0.39, 0.29) is 18.4 Å². The molecule has 2 saturated heterocycles. The highest BCUT2D eigenvalue weighted by molar-refractivity contribution is 7.87. The normalized spacial score (nSPS) is 27.5. The van der Waals surface area contributed by atoms with Gasteiger partial charge in [-0.15, -0.1) is 12.4 Å². The summed E-state index contributed by atoms with van der Waals surface area (Å²) in [5, 5.41) is 3.31. The molecule has 0 aliphatic carbocycles. The second-order valence-electron chi connectivity index (χ2n) is 5.03. The number of ether oxygens (including phenoxy) is 1. The van der Waals surface area contributed by atoms with Crippen molar-refractivity contribution in [2.45, 2.75) is 25.8 Å². The first-order chi connectivity index (χ1) is 8.59. The Morgan fingerprint density at radius 1 is 1.37 bits per heavy atom. The van der Waals surface area contributed by atoms with E-state index in [1.807, 2.05) is 6.92 Å². The molecule has 2 aliphatic rings. The van der Waals surface area contributed by atoms with E-state index < -0.39 is 10.2 Å². The molecular formula is C11H24ClN3O3S. The van der Waals surface area contributed by atoms with Crippen molar-refractivity contribution >= 4 is 22.6 Å². The summed E-state index contributed by atoms with van der Waals surface area (Å²) in [6, 6.07) is -0.0226. The van der Waals surface area contributed by atoms with Gasteiger partial charge in [-0.1, -0.05) is 0 Å². The third-order valence-corrected chi connectivity index (χ3v) is 5.40. The molecule has 2 fully saturated rings. The molecule has 2 N–H and O–H groups in total. The molecule has 2 heterocycles. The molecule has 0 aromatic rings. The van der Waals surface area contributed by atoms with Crippen molar-refractivity contribution in [1.82, 2.24) is 14.3 Å². The van der Waals surface area contributed by atoms with E-state index in [0.29, 0.717) is 32.2 Å². The first-order valence-corrected chi connectivity index (χ1v) is 8.09. The third kappa shape index (κ3) is 4.84. The van der Waals surface area contributed by atoms with Crippen molar-refractivity contribution in [2.75, 3.05) is 39.4 Å². The predicted octanol–water partition coefficient (Wildman–Crippen LogP) is -0.0371. The Balaban J connectivity index is 0.00000180. The molecule has 0 radical (unpaired) electrons. The van der Waals surface area contributed by atoms with E-state index >= 15 is 0 Å². The Kier molecular flexibility index (Phi) is 6.99. The number of rotatable bonds is 4. The van der Waals surface area contributed by atoms with Crippen LogP contribution in [0, 0.1) is 5.92 Å². The van der Waals surface area contributed by atoms with Crippen LogP contribution < -0.4 is 10.0 Å². The zero-order valence-electron chi connectivity index (χ0n) is 11.3. The van der Waals surface area contributed by atoms with Gasteiger partial charge in [0, 0.05) is 19.1 Å². The highest BCUT2D eigenvalue weighted by atomic mass is 35.5. The fourth-order valence-corrected chi connectivity index (χ4v) is 3.94. The maximum atomic E-state index is 12.2. The van der Waals surface area contributed by atoms with Crippen LogP contribution in [0.3, 0.4) is 0 Å². The minimum atomic E-state index is -3.36. The molecule has 0 amide bonds. The molecule has 2 rings (SSSR count). The summed E-state index contributed by atoms with van der Waals surface area (Å²) < 4.78 is 33.8. The summed E-state index contributed by atoms with van der Waals surface area (Å²) in [5.74, 6) is 0.384. The van der Waals surface area contributed by atoms with Crippen LogP contribution in [0.25, 0.3) is 0 Å². The zero-order chi connectivity index (χ0) is 13.0. The fraction of sp³-hybridized carbons (Fsp3) is 1.00. The maximum Gasteiger partial charge on any atom is 0.279 e. The first kappa shape index (κ1) is 17.1. The van der Waals surface area contributed by atoms with Crippen LogP contribution in [0.2, 0.25) is 0 Å². The summed E-state index contributed by atoms with van der Waals surface area (Å²) in [7, 11) is -3.36. The van der Waals surface area contributed by atoms with Crippen molar-refractivity contribution < 1.29 is 13.2 Å². The Hall–Kier alpha value is 0.0800.